The summed E-state index contributed by atoms with van der Waals surface area (Å²) in [5.74, 6) is -2.55. The topological polar surface area (TPSA) is 67.4 Å². The standard InChI is InChI=1S/C15H19F3N2O3/c1-4-12(21)20-14(15(16,17)18,13(22)23-5-2)19-11-8-6-10(3)7-9-11/h6-9,19H,4-5H2,1-3H3,(H,20,21)/t14-/m0/s1. The first kappa shape index (κ1) is 18.8. The van der Waals surface area contributed by atoms with Crippen molar-refractivity contribution in [2.75, 3.05) is 11.9 Å². The summed E-state index contributed by atoms with van der Waals surface area (Å²) in [7, 11) is 0. The molecule has 2 N–H and O–H groups in total. The molecule has 0 saturated carbocycles. The average molecular weight is 332 g/mol. The van der Waals surface area contributed by atoms with Gasteiger partial charge in [-0.2, -0.15) is 13.2 Å². The van der Waals surface area contributed by atoms with E-state index >= 15 is 0 Å². The predicted octanol–water partition coefficient (Wildman–Crippen LogP) is 2.75. The Hall–Kier alpha value is -2.25. The molecule has 0 bridgehead atoms. The van der Waals surface area contributed by atoms with Crippen molar-refractivity contribution in [3.63, 3.8) is 0 Å². The van der Waals surface area contributed by atoms with E-state index in [0.29, 0.717) is 0 Å². The van der Waals surface area contributed by atoms with Crippen LogP contribution in [0.1, 0.15) is 25.8 Å². The highest BCUT2D eigenvalue weighted by molar-refractivity contribution is 5.91. The molecule has 0 aliphatic carbocycles. The van der Waals surface area contributed by atoms with Gasteiger partial charge >= 0.3 is 17.8 Å². The van der Waals surface area contributed by atoms with E-state index in [2.05, 4.69) is 10.1 Å². The maximum Gasteiger partial charge on any atom is 0.441 e. The Bertz CT molecular complexity index is 558. The van der Waals surface area contributed by atoms with E-state index in [1.165, 1.54) is 26.0 Å². The molecule has 0 fully saturated rings. The number of carbonyl (C=O) groups excluding carboxylic acids is 2. The highest BCUT2D eigenvalue weighted by Gasteiger charge is 2.63. The van der Waals surface area contributed by atoms with Gasteiger partial charge in [-0.3, -0.25) is 4.79 Å². The summed E-state index contributed by atoms with van der Waals surface area (Å²) in [6.45, 7) is 4.28. The van der Waals surface area contributed by atoms with Gasteiger partial charge in [0.05, 0.1) is 6.61 Å². The Morgan fingerprint density at radius 1 is 1.13 bits per heavy atom. The fourth-order valence-corrected chi connectivity index (χ4v) is 1.78. The van der Waals surface area contributed by atoms with E-state index in [1.54, 1.807) is 24.4 Å². The van der Waals surface area contributed by atoms with Crippen LogP contribution in [0.2, 0.25) is 0 Å². The number of hydrogen-bond donors (Lipinski definition) is 2. The number of nitrogens with one attached hydrogen (secondary N) is 2. The lowest BCUT2D eigenvalue weighted by Crippen LogP contribution is -2.69. The number of halogens is 3. The summed E-state index contributed by atoms with van der Waals surface area (Å²) in [5, 5.41) is 3.80. The van der Waals surface area contributed by atoms with Crippen LogP contribution in [0.25, 0.3) is 0 Å². The first-order chi connectivity index (χ1) is 10.7. The normalized spacial score (nSPS) is 13.8. The number of alkyl halides is 3. The van der Waals surface area contributed by atoms with Gasteiger partial charge in [-0.05, 0) is 26.0 Å². The van der Waals surface area contributed by atoms with Crippen LogP contribution in [0.3, 0.4) is 0 Å². The summed E-state index contributed by atoms with van der Waals surface area (Å²) in [5.41, 5.74) is -2.48. The minimum Gasteiger partial charge on any atom is -0.463 e. The van der Waals surface area contributed by atoms with Gasteiger partial charge in [0.25, 0.3) is 0 Å². The fourth-order valence-electron chi connectivity index (χ4n) is 1.78. The molecule has 23 heavy (non-hydrogen) atoms. The van der Waals surface area contributed by atoms with Gasteiger partial charge in [0, 0.05) is 12.1 Å². The van der Waals surface area contributed by atoms with Crippen LogP contribution < -0.4 is 10.6 Å². The van der Waals surface area contributed by atoms with Gasteiger partial charge in [-0.15, -0.1) is 0 Å². The zero-order valence-electron chi connectivity index (χ0n) is 13.1. The molecular formula is C15H19F3N2O3. The second-order valence-electron chi connectivity index (χ2n) is 4.86. The van der Waals surface area contributed by atoms with Crippen molar-refractivity contribution in [3.05, 3.63) is 29.8 Å². The van der Waals surface area contributed by atoms with Gasteiger partial charge < -0.3 is 15.4 Å². The summed E-state index contributed by atoms with van der Waals surface area (Å²) in [6.07, 6.45) is -5.32. The van der Waals surface area contributed by atoms with Crippen molar-refractivity contribution in [3.8, 4) is 0 Å². The van der Waals surface area contributed by atoms with Crippen LogP contribution in [0.15, 0.2) is 24.3 Å². The Kier molecular flexibility index (Phi) is 6.00. The molecule has 128 valence electrons. The Balaban J connectivity index is 3.32. The molecule has 0 aromatic heterocycles. The second-order valence-corrected chi connectivity index (χ2v) is 4.86. The highest BCUT2D eigenvalue weighted by Crippen LogP contribution is 2.33. The molecule has 1 aromatic rings. The number of hydrogen-bond acceptors (Lipinski definition) is 4. The molecule has 0 saturated heterocycles. The zero-order valence-corrected chi connectivity index (χ0v) is 13.1. The molecule has 1 aromatic carbocycles. The SMILES string of the molecule is CCOC(=O)[C@@](NC(=O)CC)(Nc1ccc(C)cc1)C(F)(F)F. The number of benzene rings is 1. The Labute approximate surface area is 132 Å². The van der Waals surface area contributed by atoms with Crippen molar-refractivity contribution in [1.29, 1.82) is 0 Å². The summed E-state index contributed by atoms with van der Waals surface area (Å²) >= 11 is 0. The molecule has 8 heteroatoms. The van der Waals surface area contributed by atoms with E-state index < -0.39 is 23.7 Å². The van der Waals surface area contributed by atoms with E-state index in [4.69, 9.17) is 0 Å². The molecule has 0 unspecified atom stereocenters. The quantitative estimate of drug-likeness (QED) is 0.621. The van der Waals surface area contributed by atoms with Crippen LogP contribution in [0.4, 0.5) is 18.9 Å². The lowest BCUT2D eigenvalue weighted by molar-refractivity contribution is -0.207. The lowest BCUT2D eigenvalue weighted by Gasteiger charge is -2.35. The number of anilines is 1. The number of esters is 1. The molecule has 0 radical (unpaired) electrons. The number of ether oxygens (including phenoxy) is 1. The minimum absolute atomic E-state index is 0.0254. The van der Waals surface area contributed by atoms with Crippen molar-refractivity contribution in [2.24, 2.45) is 0 Å². The van der Waals surface area contributed by atoms with Crippen LogP contribution in [0.5, 0.6) is 0 Å². The third-order valence-corrected chi connectivity index (χ3v) is 3.04. The highest BCUT2D eigenvalue weighted by atomic mass is 19.4. The molecule has 5 nitrogen and oxygen atoms in total. The zero-order chi connectivity index (χ0) is 17.7. The van der Waals surface area contributed by atoms with Crippen molar-refractivity contribution < 1.29 is 27.5 Å². The maximum atomic E-state index is 13.6. The third-order valence-electron chi connectivity index (χ3n) is 3.04. The van der Waals surface area contributed by atoms with Gasteiger partial charge in [0.15, 0.2) is 0 Å². The van der Waals surface area contributed by atoms with Crippen LogP contribution in [-0.4, -0.2) is 30.3 Å². The van der Waals surface area contributed by atoms with Crippen LogP contribution in [0, 0.1) is 6.92 Å². The molecule has 0 spiro atoms. The molecule has 1 amide bonds. The van der Waals surface area contributed by atoms with Gasteiger partial charge in [-0.1, -0.05) is 24.6 Å². The summed E-state index contributed by atoms with van der Waals surface area (Å²) < 4.78 is 45.4. The van der Waals surface area contributed by atoms with Gasteiger partial charge in [-0.25, -0.2) is 4.79 Å². The molecule has 1 atom stereocenters. The Morgan fingerprint density at radius 3 is 2.13 bits per heavy atom. The number of aryl methyl sites for hydroxylation is 1. The molecule has 0 aliphatic heterocycles. The minimum atomic E-state index is -5.10. The average Bonchev–Trinajstić information content (AvgIpc) is 2.47. The van der Waals surface area contributed by atoms with Crippen LogP contribution in [-0.2, 0) is 14.3 Å². The number of rotatable bonds is 6. The van der Waals surface area contributed by atoms with E-state index in [9.17, 15) is 22.8 Å². The third kappa shape index (κ3) is 4.37. The Morgan fingerprint density at radius 2 is 1.70 bits per heavy atom. The summed E-state index contributed by atoms with van der Waals surface area (Å²) in [6, 6.07) is 5.92. The predicted molar refractivity (Wildman–Crippen MR) is 78.7 cm³/mol. The monoisotopic (exact) mass is 332 g/mol. The van der Waals surface area contributed by atoms with Crippen molar-refractivity contribution in [1.82, 2.24) is 5.32 Å². The molecule has 0 heterocycles. The largest absolute Gasteiger partial charge is 0.463 e. The van der Waals surface area contributed by atoms with E-state index in [0.717, 1.165) is 5.56 Å². The molecule has 0 aliphatic rings. The molecular weight excluding hydrogens is 313 g/mol. The van der Waals surface area contributed by atoms with Gasteiger partial charge in [0.1, 0.15) is 0 Å². The lowest BCUT2D eigenvalue weighted by atomic mass is 10.1. The maximum absolute atomic E-state index is 13.6. The first-order valence-electron chi connectivity index (χ1n) is 7.06. The van der Waals surface area contributed by atoms with E-state index in [1.807, 2.05) is 0 Å². The fraction of sp³-hybridized carbons (Fsp3) is 0.467. The smallest absolute Gasteiger partial charge is 0.441 e. The van der Waals surface area contributed by atoms with Crippen molar-refractivity contribution in [2.45, 2.75) is 39.0 Å². The van der Waals surface area contributed by atoms with Crippen molar-refractivity contribution >= 4 is 17.6 Å². The summed E-state index contributed by atoms with van der Waals surface area (Å²) in [4.78, 5) is 23.6. The number of amides is 1. The van der Waals surface area contributed by atoms with Gasteiger partial charge in [0.2, 0.25) is 5.91 Å². The van der Waals surface area contributed by atoms with Crippen LogP contribution >= 0.6 is 0 Å². The van der Waals surface area contributed by atoms with E-state index in [-0.39, 0.29) is 18.7 Å². The first-order valence-corrected chi connectivity index (χ1v) is 7.06. The molecule has 1 rings (SSSR count). The number of carbonyl (C=O) groups is 2. The second kappa shape index (κ2) is 7.34.